The molecule has 1 aromatic heterocycles. The summed E-state index contributed by atoms with van der Waals surface area (Å²) in [5.41, 5.74) is 4.39. The molecule has 0 fully saturated rings. The molecule has 0 aliphatic carbocycles. The predicted octanol–water partition coefficient (Wildman–Crippen LogP) is 5.71. The van der Waals surface area contributed by atoms with Crippen molar-refractivity contribution in [3.63, 3.8) is 0 Å². The highest BCUT2D eigenvalue weighted by molar-refractivity contribution is 7.71. The standard InChI is InChI=1S/C26H19N3O2S/c1-17-21(20-14-8-9-15-23(20)27-17)16-22-24(30)28(18-10-4-2-5-11-18)26(32)29(25(22)31)19-12-6-3-7-13-19/h2-16,30H,1H3. The molecule has 5 rings (SSSR count). The molecular weight excluding hydrogens is 418 g/mol. The summed E-state index contributed by atoms with van der Waals surface area (Å²) < 4.78 is 3.15. The summed E-state index contributed by atoms with van der Waals surface area (Å²) in [6.07, 6.45) is 1.70. The highest BCUT2D eigenvalue weighted by Crippen LogP contribution is 2.36. The van der Waals surface area contributed by atoms with Crippen molar-refractivity contribution in [3.05, 3.63) is 111 Å². The van der Waals surface area contributed by atoms with Crippen LogP contribution in [0.15, 0.2) is 94.7 Å². The van der Waals surface area contributed by atoms with Crippen LogP contribution in [0.3, 0.4) is 0 Å². The smallest absolute Gasteiger partial charge is 0.270 e. The zero-order chi connectivity index (χ0) is 22.2. The maximum absolute atomic E-state index is 13.6. The van der Waals surface area contributed by atoms with Crippen molar-refractivity contribution in [2.24, 2.45) is 4.99 Å². The Hall–Kier alpha value is -4.03. The molecule has 0 amide bonds. The first kappa shape index (κ1) is 19.9. The second kappa shape index (κ2) is 7.90. The Labute approximate surface area is 189 Å². The van der Waals surface area contributed by atoms with E-state index >= 15 is 0 Å². The van der Waals surface area contributed by atoms with Crippen molar-refractivity contribution >= 4 is 35.3 Å². The molecule has 0 unspecified atom stereocenters. The van der Waals surface area contributed by atoms with Gasteiger partial charge in [0.1, 0.15) is 5.56 Å². The summed E-state index contributed by atoms with van der Waals surface area (Å²) in [6.45, 7) is 1.89. The lowest BCUT2D eigenvalue weighted by Gasteiger charge is -2.17. The number of allylic oxidation sites excluding steroid dienone is 1. The molecule has 0 atom stereocenters. The topological polar surface area (TPSA) is 59.5 Å². The van der Waals surface area contributed by atoms with Crippen molar-refractivity contribution in [2.45, 2.75) is 6.92 Å². The van der Waals surface area contributed by atoms with Gasteiger partial charge in [0.05, 0.1) is 17.1 Å². The number of aromatic hydroxyl groups is 1. The number of rotatable bonds is 3. The van der Waals surface area contributed by atoms with E-state index in [2.05, 4.69) is 4.99 Å². The molecule has 1 N–H and O–H groups in total. The fourth-order valence-corrected chi connectivity index (χ4v) is 4.30. The number of nitrogens with zero attached hydrogens (tertiary/aromatic N) is 3. The maximum Gasteiger partial charge on any atom is 0.270 e. The van der Waals surface area contributed by atoms with Crippen LogP contribution in [0.5, 0.6) is 5.88 Å². The number of aromatic nitrogens is 2. The molecule has 4 aromatic rings. The molecule has 156 valence electrons. The lowest BCUT2D eigenvalue weighted by Crippen LogP contribution is -2.25. The fourth-order valence-electron chi connectivity index (χ4n) is 3.92. The SMILES string of the molecule is CC1=Nc2ccccc2C1=Cc1c(O)n(-c2ccccc2)c(=S)n(-c2ccccc2)c1=O. The highest BCUT2D eigenvalue weighted by atomic mass is 32.1. The number of fused-ring (bicyclic) bond motifs is 1. The zero-order valence-electron chi connectivity index (χ0n) is 17.3. The monoisotopic (exact) mass is 437 g/mol. The van der Waals surface area contributed by atoms with E-state index in [1.54, 1.807) is 6.08 Å². The Morgan fingerprint density at radius 1 is 0.844 bits per heavy atom. The van der Waals surface area contributed by atoms with Gasteiger partial charge in [0.25, 0.3) is 5.56 Å². The highest BCUT2D eigenvalue weighted by Gasteiger charge is 2.22. The maximum atomic E-state index is 13.6. The molecular formula is C26H19N3O2S. The average Bonchev–Trinajstić information content (AvgIpc) is 3.13. The van der Waals surface area contributed by atoms with Gasteiger partial charge in [-0.2, -0.15) is 0 Å². The molecule has 0 radical (unpaired) electrons. The fraction of sp³-hybridized carbons (Fsp3) is 0.0385. The first-order valence-electron chi connectivity index (χ1n) is 10.1. The molecule has 6 heteroatoms. The van der Waals surface area contributed by atoms with Crippen molar-refractivity contribution < 1.29 is 5.11 Å². The molecule has 3 aromatic carbocycles. The van der Waals surface area contributed by atoms with E-state index < -0.39 is 5.56 Å². The molecule has 0 saturated carbocycles. The van der Waals surface area contributed by atoms with E-state index in [-0.39, 0.29) is 16.2 Å². The van der Waals surface area contributed by atoms with Crippen LogP contribution in [0.25, 0.3) is 23.0 Å². The Morgan fingerprint density at radius 3 is 2.06 bits per heavy atom. The second-order valence-electron chi connectivity index (χ2n) is 7.44. The first-order chi connectivity index (χ1) is 15.6. The Balaban J connectivity index is 1.86. The van der Waals surface area contributed by atoms with E-state index in [4.69, 9.17) is 12.2 Å². The predicted molar refractivity (Wildman–Crippen MR) is 131 cm³/mol. The Bertz CT molecular complexity index is 1510. The van der Waals surface area contributed by atoms with Gasteiger partial charge in [0, 0.05) is 16.8 Å². The van der Waals surface area contributed by atoms with Crippen molar-refractivity contribution in [2.75, 3.05) is 0 Å². The molecule has 1 aliphatic rings. The lowest BCUT2D eigenvalue weighted by atomic mass is 10.0. The number of benzene rings is 3. The van der Waals surface area contributed by atoms with E-state index in [0.29, 0.717) is 11.4 Å². The van der Waals surface area contributed by atoms with E-state index in [1.807, 2.05) is 91.9 Å². The van der Waals surface area contributed by atoms with Gasteiger partial charge in [0.15, 0.2) is 4.77 Å². The van der Waals surface area contributed by atoms with Gasteiger partial charge in [-0.25, -0.2) is 0 Å². The van der Waals surface area contributed by atoms with Gasteiger partial charge in [-0.05, 0) is 55.5 Å². The first-order valence-corrected chi connectivity index (χ1v) is 10.6. The normalized spacial score (nSPS) is 13.8. The molecule has 5 nitrogen and oxygen atoms in total. The summed E-state index contributed by atoms with van der Waals surface area (Å²) in [5, 5.41) is 11.3. The average molecular weight is 438 g/mol. The lowest BCUT2D eigenvalue weighted by molar-refractivity contribution is 0.429. The molecule has 0 spiro atoms. The van der Waals surface area contributed by atoms with E-state index in [1.165, 1.54) is 9.13 Å². The van der Waals surface area contributed by atoms with Crippen LogP contribution >= 0.6 is 12.2 Å². The number of aliphatic imine (C=N–C) groups is 1. The summed E-state index contributed by atoms with van der Waals surface area (Å²) >= 11 is 5.68. The van der Waals surface area contributed by atoms with Crippen LogP contribution in [-0.2, 0) is 0 Å². The Morgan fingerprint density at radius 2 is 1.41 bits per heavy atom. The minimum absolute atomic E-state index is 0.146. The molecule has 1 aliphatic heterocycles. The minimum atomic E-state index is -0.393. The third kappa shape index (κ3) is 3.21. The van der Waals surface area contributed by atoms with Crippen molar-refractivity contribution in [1.82, 2.24) is 9.13 Å². The van der Waals surface area contributed by atoms with Crippen LogP contribution in [0.1, 0.15) is 18.1 Å². The molecule has 32 heavy (non-hydrogen) atoms. The van der Waals surface area contributed by atoms with Gasteiger partial charge >= 0.3 is 0 Å². The number of hydrogen-bond acceptors (Lipinski definition) is 4. The van der Waals surface area contributed by atoms with Gasteiger partial charge in [-0.3, -0.25) is 18.9 Å². The van der Waals surface area contributed by atoms with Crippen LogP contribution in [-0.4, -0.2) is 20.0 Å². The third-order valence-corrected chi connectivity index (χ3v) is 5.82. The molecule has 0 bridgehead atoms. The van der Waals surface area contributed by atoms with E-state index in [9.17, 15) is 9.90 Å². The summed E-state index contributed by atoms with van der Waals surface area (Å²) in [5.74, 6) is -0.205. The molecule has 0 saturated heterocycles. The van der Waals surface area contributed by atoms with Gasteiger partial charge in [-0.15, -0.1) is 0 Å². The quantitative estimate of drug-likeness (QED) is 0.418. The zero-order valence-corrected chi connectivity index (χ0v) is 18.1. The minimum Gasteiger partial charge on any atom is -0.494 e. The van der Waals surface area contributed by atoms with Gasteiger partial charge in [-0.1, -0.05) is 54.6 Å². The van der Waals surface area contributed by atoms with Crippen molar-refractivity contribution in [1.29, 1.82) is 0 Å². The van der Waals surface area contributed by atoms with Crippen LogP contribution in [0, 0.1) is 4.77 Å². The summed E-state index contributed by atoms with van der Waals surface area (Å²) in [6, 6.07) is 26.2. The van der Waals surface area contributed by atoms with Crippen LogP contribution < -0.4 is 5.56 Å². The van der Waals surface area contributed by atoms with Crippen molar-refractivity contribution in [3.8, 4) is 17.3 Å². The Kier molecular flexibility index (Phi) is 4.92. The van der Waals surface area contributed by atoms with E-state index in [0.717, 1.165) is 22.5 Å². The third-order valence-electron chi connectivity index (χ3n) is 5.46. The van der Waals surface area contributed by atoms with Gasteiger partial charge in [0.2, 0.25) is 5.88 Å². The second-order valence-corrected chi connectivity index (χ2v) is 7.80. The number of hydrogen-bond donors (Lipinski definition) is 1. The number of para-hydroxylation sites is 3. The van der Waals surface area contributed by atoms with Crippen LogP contribution in [0.2, 0.25) is 0 Å². The largest absolute Gasteiger partial charge is 0.494 e. The summed E-state index contributed by atoms with van der Waals surface area (Å²) in [4.78, 5) is 18.2. The van der Waals surface area contributed by atoms with Gasteiger partial charge < -0.3 is 5.11 Å². The summed E-state index contributed by atoms with van der Waals surface area (Å²) in [7, 11) is 0. The van der Waals surface area contributed by atoms with Crippen LogP contribution in [0.4, 0.5) is 5.69 Å². The molecule has 2 heterocycles.